The zero-order chi connectivity index (χ0) is 15.8. The van der Waals surface area contributed by atoms with E-state index in [2.05, 4.69) is 22.1 Å². The highest BCUT2D eigenvalue weighted by Gasteiger charge is 2.42. The van der Waals surface area contributed by atoms with Gasteiger partial charge in [-0.1, -0.05) is 12.5 Å². The van der Waals surface area contributed by atoms with Crippen molar-refractivity contribution in [3.8, 4) is 0 Å². The van der Waals surface area contributed by atoms with Crippen LogP contribution in [-0.2, 0) is 0 Å². The van der Waals surface area contributed by atoms with Gasteiger partial charge in [0.15, 0.2) is 0 Å². The average molecular weight is 313 g/mol. The number of amides is 1. The molecule has 4 rings (SSSR count). The number of pyridine rings is 1. The van der Waals surface area contributed by atoms with Gasteiger partial charge >= 0.3 is 0 Å². The van der Waals surface area contributed by atoms with E-state index >= 15 is 0 Å². The molecule has 1 aromatic heterocycles. The molecular weight excluding hydrogens is 286 g/mol. The van der Waals surface area contributed by atoms with Gasteiger partial charge in [-0.05, 0) is 68.9 Å². The van der Waals surface area contributed by atoms with Crippen LogP contribution in [0, 0.1) is 17.8 Å². The maximum absolute atomic E-state index is 12.6. The van der Waals surface area contributed by atoms with Gasteiger partial charge in [0.2, 0.25) is 0 Å². The number of anilines is 1. The third-order valence-electron chi connectivity index (χ3n) is 6.19. The molecule has 4 unspecified atom stereocenters. The van der Waals surface area contributed by atoms with Gasteiger partial charge < -0.3 is 10.2 Å². The Bertz CT molecular complexity index is 582. The number of rotatable bonds is 4. The van der Waals surface area contributed by atoms with Crippen molar-refractivity contribution in [3.05, 3.63) is 23.9 Å². The fourth-order valence-electron chi connectivity index (χ4n) is 4.97. The molecule has 1 saturated heterocycles. The van der Waals surface area contributed by atoms with Gasteiger partial charge in [0.1, 0.15) is 11.5 Å². The number of hydrogen-bond acceptors (Lipinski definition) is 3. The largest absolute Gasteiger partial charge is 0.357 e. The third-order valence-corrected chi connectivity index (χ3v) is 6.19. The number of nitrogens with one attached hydrogen (secondary N) is 1. The second kappa shape index (κ2) is 6.14. The summed E-state index contributed by atoms with van der Waals surface area (Å²) in [6.45, 7) is 4.28. The minimum absolute atomic E-state index is 0.0127. The molecule has 124 valence electrons. The monoisotopic (exact) mass is 313 g/mol. The summed E-state index contributed by atoms with van der Waals surface area (Å²) in [4.78, 5) is 19.5. The number of nitrogens with zero attached hydrogens (tertiary/aromatic N) is 2. The van der Waals surface area contributed by atoms with Gasteiger partial charge in [0.25, 0.3) is 5.91 Å². The van der Waals surface area contributed by atoms with E-state index < -0.39 is 0 Å². The van der Waals surface area contributed by atoms with Gasteiger partial charge in [0.05, 0.1) is 0 Å². The molecule has 0 aromatic carbocycles. The normalized spacial score (nSPS) is 30.7. The van der Waals surface area contributed by atoms with Crippen molar-refractivity contribution in [2.24, 2.45) is 17.8 Å². The second-order valence-electron chi connectivity index (χ2n) is 7.68. The van der Waals surface area contributed by atoms with E-state index in [1.54, 1.807) is 0 Å². The zero-order valence-electron chi connectivity index (χ0n) is 14.0. The van der Waals surface area contributed by atoms with Crippen LogP contribution in [0.5, 0.6) is 0 Å². The van der Waals surface area contributed by atoms with Crippen molar-refractivity contribution in [1.82, 2.24) is 10.3 Å². The van der Waals surface area contributed by atoms with Crippen molar-refractivity contribution in [2.45, 2.75) is 51.5 Å². The Morgan fingerprint density at radius 1 is 1.26 bits per heavy atom. The summed E-state index contributed by atoms with van der Waals surface area (Å²) in [5.41, 5.74) is 0.560. The SMILES string of the molecule is CC(NC(=O)c1cccc(N2CCCC2)n1)C1CC2CCC1C2. The van der Waals surface area contributed by atoms with E-state index in [0.29, 0.717) is 11.6 Å². The van der Waals surface area contributed by atoms with E-state index in [4.69, 9.17) is 0 Å². The van der Waals surface area contributed by atoms with Crippen molar-refractivity contribution in [1.29, 1.82) is 0 Å². The lowest BCUT2D eigenvalue weighted by Gasteiger charge is -2.28. The molecule has 2 heterocycles. The number of aromatic nitrogens is 1. The molecule has 4 nitrogen and oxygen atoms in total. The lowest BCUT2D eigenvalue weighted by Crippen LogP contribution is -2.40. The predicted octanol–water partition coefficient (Wildman–Crippen LogP) is 3.24. The summed E-state index contributed by atoms with van der Waals surface area (Å²) in [7, 11) is 0. The van der Waals surface area contributed by atoms with E-state index in [-0.39, 0.29) is 11.9 Å². The van der Waals surface area contributed by atoms with Crippen LogP contribution >= 0.6 is 0 Å². The molecule has 23 heavy (non-hydrogen) atoms. The molecule has 0 radical (unpaired) electrons. The summed E-state index contributed by atoms with van der Waals surface area (Å²) in [5, 5.41) is 3.22. The van der Waals surface area contributed by atoms with Crippen LogP contribution in [-0.4, -0.2) is 30.0 Å². The smallest absolute Gasteiger partial charge is 0.270 e. The van der Waals surface area contributed by atoms with Crippen LogP contribution in [0.1, 0.15) is 55.9 Å². The van der Waals surface area contributed by atoms with Crippen molar-refractivity contribution in [3.63, 3.8) is 0 Å². The second-order valence-corrected chi connectivity index (χ2v) is 7.68. The molecule has 3 aliphatic rings. The van der Waals surface area contributed by atoms with Crippen molar-refractivity contribution < 1.29 is 4.79 Å². The minimum Gasteiger partial charge on any atom is -0.357 e. The number of fused-ring (bicyclic) bond motifs is 2. The lowest BCUT2D eigenvalue weighted by molar-refractivity contribution is 0.0910. The number of carbonyl (C=O) groups excluding carboxylic acids is 1. The van der Waals surface area contributed by atoms with Crippen LogP contribution in [0.3, 0.4) is 0 Å². The number of hydrogen-bond donors (Lipinski definition) is 1. The van der Waals surface area contributed by atoms with Gasteiger partial charge in [-0.15, -0.1) is 0 Å². The Labute approximate surface area is 138 Å². The van der Waals surface area contributed by atoms with Gasteiger partial charge in [-0.3, -0.25) is 4.79 Å². The first-order valence-corrected chi connectivity index (χ1v) is 9.23. The highest BCUT2D eigenvalue weighted by atomic mass is 16.1. The first kappa shape index (κ1) is 15.0. The van der Waals surface area contributed by atoms with Crippen LogP contribution in [0.4, 0.5) is 5.82 Å². The molecule has 1 aliphatic heterocycles. The highest BCUT2D eigenvalue weighted by molar-refractivity contribution is 5.92. The minimum atomic E-state index is -0.0127. The summed E-state index contributed by atoms with van der Waals surface area (Å²) in [5.74, 6) is 3.35. The van der Waals surface area contributed by atoms with Gasteiger partial charge in [0, 0.05) is 19.1 Å². The molecule has 1 amide bonds. The Kier molecular flexibility index (Phi) is 4.00. The zero-order valence-corrected chi connectivity index (χ0v) is 14.0. The molecule has 4 heteroatoms. The summed E-state index contributed by atoms with van der Waals surface area (Å²) >= 11 is 0. The maximum Gasteiger partial charge on any atom is 0.270 e. The molecule has 2 bridgehead atoms. The Morgan fingerprint density at radius 3 is 2.78 bits per heavy atom. The first-order chi connectivity index (χ1) is 11.2. The van der Waals surface area contributed by atoms with Crippen molar-refractivity contribution in [2.75, 3.05) is 18.0 Å². The Morgan fingerprint density at radius 2 is 2.09 bits per heavy atom. The van der Waals surface area contributed by atoms with Crippen molar-refractivity contribution >= 4 is 11.7 Å². The maximum atomic E-state index is 12.6. The quantitative estimate of drug-likeness (QED) is 0.928. The molecule has 4 atom stereocenters. The summed E-state index contributed by atoms with van der Waals surface area (Å²) in [6.07, 6.45) is 7.89. The van der Waals surface area contributed by atoms with E-state index in [1.165, 1.54) is 38.5 Å². The van der Waals surface area contributed by atoms with Crippen LogP contribution < -0.4 is 10.2 Å². The molecular formula is C19H27N3O. The van der Waals surface area contributed by atoms with E-state index in [9.17, 15) is 4.79 Å². The molecule has 2 saturated carbocycles. The van der Waals surface area contributed by atoms with Gasteiger partial charge in [-0.25, -0.2) is 4.98 Å². The third kappa shape index (κ3) is 2.96. The summed E-state index contributed by atoms with van der Waals surface area (Å²) < 4.78 is 0. The molecule has 3 fully saturated rings. The Hall–Kier alpha value is -1.58. The first-order valence-electron chi connectivity index (χ1n) is 9.23. The highest BCUT2D eigenvalue weighted by Crippen LogP contribution is 2.49. The molecule has 0 spiro atoms. The van der Waals surface area contributed by atoms with Crippen LogP contribution in [0.2, 0.25) is 0 Å². The predicted molar refractivity (Wildman–Crippen MR) is 91.6 cm³/mol. The van der Waals surface area contributed by atoms with Crippen LogP contribution in [0.15, 0.2) is 18.2 Å². The van der Waals surface area contributed by atoms with E-state index in [1.807, 2.05) is 18.2 Å². The number of carbonyl (C=O) groups is 1. The fourth-order valence-corrected chi connectivity index (χ4v) is 4.97. The average Bonchev–Trinajstić information content (AvgIpc) is 3.32. The molecule has 2 aliphatic carbocycles. The lowest BCUT2D eigenvalue weighted by atomic mass is 9.84. The topological polar surface area (TPSA) is 45.2 Å². The summed E-state index contributed by atoms with van der Waals surface area (Å²) in [6, 6.07) is 6.07. The molecule has 1 aromatic rings. The fraction of sp³-hybridized carbons (Fsp3) is 0.684. The van der Waals surface area contributed by atoms with E-state index in [0.717, 1.165) is 30.7 Å². The van der Waals surface area contributed by atoms with Crippen LogP contribution in [0.25, 0.3) is 0 Å². The van der Waals surface area contributed by atoms with Gasteiger partial charge in [-0.2, -0.15) is 0 Å². The Balaban J connectivity index is 1.41. The molecule has 1 N–H and O–H groups in total. The standard InChI is InChI=1S/C19H27N3O/c1-13(16-12-14-7-8-15(16)11-14)20-19(23)17-5-4-6-18(21-17)22-9-2-3-10-22/h4-6,13-16H,2-3,7-12H2,1H3,(H,20,23).